The lowest BCUT2D eigenvalue weighted by molar-refractivity contribution is -0.274. The minimum Gasteiger partial charge on any atom is -0.493 e. The highest BCUT2D eigenvalue weighted by Crippen LogP contribution is 2.28. The normalized spacial score (nSPS) is 11.3. The van der Waals surface area contributed by atoms with Gasteiger partial charge in [-0.15, -0.1) is 13.2 Å². The SMILES string of the molecule is CCOc1ccc(CN(CC)CC(=O)Nc2ccc(OC(F)(F)F)cc2)cc1OC. The van der Waals surface area contributed by atoms with Gasteiger partial charge in [0, 0.05) is 12.2 Å². The van der Waals surface area contributed by atoms with Crippen LogP contribution in [0, 0.1) is 0 Å². The number of halogens is 3. The van der Waals surface area contributed by atoms with E-state index in [0.717, 1.165) is 17.7 Å². The Labute approximate surface area is 173 Å². The van der Waals surface area contributed by atoms with Crippen LogP contribution in [0.3, 0.4) is 0 Å². The molecule has 0 aliphatic carbocycles. The number of rotatable bonds is 10. The van der Waals surface area contributed by atoms with Crippen molar-refractivity contribution in [3.05, 3.63) is 48.0 Å². The van der Waals surface area contributed by atoms with Crippen LogP contribution in [-0.4, -0.2) is 44.0 Å². The van der Waals surface area contributed by atoms with Crippen LogP contribution in [0.5, 0.6) is 17.2 Å². The highest BCUT2D eigenvalue weighted by atomic mass is 19.4. The molecule has 6 nitrogen and oxygen atoms in total. The van der Waals surface area contributed by atoms with Crippen molar-refractivity contribution in [2.75, 3.05) is 32.1 Å². The molecule has 9 heteroatoms. The van der Waals surface area contributed by atoms with Crippen molar-refractivity contribution in [1.82, 2.24) is 4.90 Å². The van der Waals surface area contributed by atoms with E-state index in [1.165, 1.54) is 12.1 Å². The average molecular weight is 426 g/mol. The van der Waals surface area contributed by atoms with Gasteiger partial charge in [0.1, 0.15) is 5.75 Å². The number of likely N-dealkylation sites (N-methyl/N-ethyl adjacent to an activating group) is 1. The van der Waals surface area contributed by atoms with E-state index >= 15 is 0 Å². The van der Waals surface area contributed by atoms with Crippen LogP contribution < -0.4 is 19.5 Å². The molecular formula is C21H25F3N2O4. The molecule has 0 aliphatic rings. The van der Waals surface area contributed by atoms with E-state index in [9.17, 15) is 18.0 Å². The fourth-order valence-corrected chi connectivity index (χ4v) is 2.77. The Morgan fingerprint density at radius 2 is 1.77 bits per heavy atom. The molecule has 2 rings (SSSR count). The number of nitrogens with one attached hydrogen (secondary N) is 1. The molecule has 0 aromatic heterocycles. The number of benzene rings is 2. The van der Waals surface area contributed by atoms with Crippen LogP contribution in [0.4, 0.5) is 18.9 Å². The fourth-order valence-electron chi connectivity index (χ4n) is 2.77. The summed E-state index contributed by atoms with van der Waals surface area (Å²) in [6.45, 7) is 5.61. The summed E-state index contributed by atoms with van der Waals surface area (Å²) >= 11 is 0. The van der Waals surface area contributed by atoms with Crippen molar-refractivity contribution in [2.24, 2.45) is 0 Å². The average Bonchev–Trinajstić information content (AvgIpc) is 2.69. The summed E-state index contributed by atoms with van der Waals surface area (Å²) in [6, 6.07) is 10.6. The number of alkyl halides is 3. The summed E-state index contributed by atoms with van der Waals surface area (Å²) in [6.07, 6.45) is -4.75. The number of carbonyl (C=O) groups is 1. The molecule has 0 aliphatic heterocycles. The molecule has 0 atom stereocenters. The van der Waals surface area contributed by atoms with Gasteiger partial charge in [-0.05, 0) is 55.4 Å². The molecule has 1 N–H and O–H groups in total. The number of anilines is 1. The van der Waals surface area contributed by atoms with Gasteiger partial charge in [-0.1, -0.05) is 13.0 Å². The third-order valence-electron chi connectivity index (χ3n) is 4.12. The van der Waals surface area contributed by atoms with Crippen molar-refractivity contribution in [3.63, 3.8) is 0 Å². The van der Waals surface area contributed by atoms with Gasteiger partial charge in [-0.3, -0.25) is 9.69 Å². The van der Waals surface area contributed by atoms with Gasteiger partial charge in [0.25, 0.3) is 0 Å². The number of carbonyl (C=O) groups excluding carboxylic acids is 1. The predicted octanol–water partition coefficient (Wildman–Crippen LogP) is 4.45. The van der Waals surface area contributed by atoms with Crippen LogP contribution >= 0.6 is 0 Å². The number of hydrogen-bond acceptors (Lipinski definition) is 5. The molecule has 0 radical (unpaired) electrons. The van der Waals surface area contributed by atoms with Crippen molar-refractivity contribution < 1.29 is 32.2 Å². The Balaban J connectivity index is 1.94. The minimum absolute atomic E-state index is 0.118. The summed E-state index contributed by atoms with van der Waals surface area (Å²) in [5.74, 6) is 0.651. The van der Waals surface area contributed by atoms with Crippen LogP contribution in [-0.2, 0) is 11.3 Å². The molecule has 0 unspecified atom stereocenters. The van der Waals surface area contributed by atoms with Gasteiger partial charge in [0.05, 0.1) is 20.3 Å². The lowest BCUT2D eigenvalue weighted by Crippen LogP contribution is -2.32. The van der Waals surface area contributed by atoms with E-state index in [-0.39, 0.29) is 18.2 Å². The lowest BCUT2D eigenvalue weighted by Gasteiger charge is -2.21. The maximum atomic E-state index is 12.3. The first kappa shape index (κ1) is 23.3. The van der Waals surface area contributed by atoms with E-state index in [0.29, 0.717) is 36.9 Å². The topological polar surface area (TPSA) is 60.0 Å². The van der Waals surface area contributed by atoms with Crippen molar-refractivity contribution in [2.45, 2.75) is 26.8 Å². The first-order valence-corrected chi connectivity index (χ1v) is 9.41. The maximum Gasteiger partial charge on any atom is 0.573 e. The number of methoxy groups -OCH3 is 1. The molecule has 2 aromatic rings. The van der Waals surface area contributed by atoms with E-state index < -0.39 is 6.36 Å². The van der Waals surface area contributed by atoms with Gasteiger partial charge < -0.3 is 19.5 Å². The Bertz CT molecular complexity index is 826. The summed E-state index contributed by atoms with van der Waals surface area (Å²) in [5.41, 5.74) is 1.34. The van der Waals surface area contributed by atoms with Gasteiger partial charge in [0.2, 0.25) is 5.91 Å². The number of hydrogen-bond donors (Lipinski definition) is 1. The standard InChI is InChI=1S/C21H25F3N2O4/c1-4-26(13-15-6-11-18(29-5-2)19(12-15)28-3)14-20(27)25-16-7-9-17(10-8-16)30-21(22,23)24/h6-12H,4-5,13-14H2,1-3H3,(H,25,27). The Hall–Kier alpha value is -2.94. The zero-order valence-corrected chi connectivity index (χ0v) is 17.1. The molecule has 0 saturated heterocycles. The van der Waals surface area contributed by atoms with E-state index in [1.54, 1.807) is 7.11 Å². The molecule has 0 fully saturated rings. The maximum absolute atomic E-state index is 12.3. The molecule has 1 amide bonds. The summed E-state index contributed by atoms with van der Waals surface area (Å²) < 4.78 is 51.3. The monoisotopic (exact) mass is 426 g/mol. The summed E-state index contributed by atoms with van der Waals surface area (Å²) in [4.78, 5) is 14.3. The van der Waals surface area contributed by atoms with Crippen LogP contribution in [0.25, 0.3) is 0 Å². The van der Waals surface area contributed by atoms with E-state index in [2.05, 4.69) is 10.1 Å². The number of amides is 1. The Morgan fingerprint density at radius 3 is 2.33 bits per heavy atom. The molecular weight excluding hydrogens is 401 g/mol. The zero-order valence-electron chi connectivity index (χ0n) is 17.1. The molecule has 0 heterocycles. The number of ether oxygens (including phenoxy) is 3. The molecule has 2 aromatic carbocycles. The van der Waals surface area contributed by atoms with Gasteiger partial charge in [0.15, 0.2) is 11.5 Å². The predicted molar refractivity (Wildman–Crippen MR) is 107 cm³/mol. The van der Waals surface area contributed by atoms with Crippen LogP contribution in [0.1, 0.15) is 19.4 Å². The second-order valence-corrected chi connectivity index (χ2v) is 6.34. The van der Waals surface area contributed by atoms with Gasteiger partial charge in [-0.2, -0.15) is 0 Å². The molecule has 30 heavy (non-hydrogen) atoms. The molecule has 0 bridgehead atoms. The van der Waals surface area contributed by atoms with E-state index in [1.807, 2.05) is 36.9 Å². The molecule has 164 valence electrons. The van der Waals surface area contributed by atoms with Gasteiger partial charge in [-0.25, -0.2) is 0 Å². The van der Waals surface area contributed by atoms with Crippen LogP contribution in [0.2, 0.25) is 0 Å². The highest BCUT2D eigenvalue weighted by molar-refractivity contribution is 5.92. The number of nitrogens with zero attached hydrogens (tertiary/aromatic N) is 1. The molecule has 0 spiro atoms. The first-order chi connectivity index (χ1) is 14.2. The summed E-state index contributed by atoms with van der Waals surface area (Å²) in [5, 5.41) is 2.67. The third-order valence-corrected chi connectivity index (χ3v) is 4.12. The second kappa shape index (κ2) is 10.7. The van der Waals surface area contributed by atoms with Crippen molar-refractivity contribution >= 4 is 11.6 Å². The van der Waals surface area contributed by atoms with Gasteiger partial charge >= 0.3 is 6.36 Å². The highest BCUT2D eigenvalue weighted by Gasteiger charge is 2.31. The van der Waals surface area contributed by atoms with Crippen molar-refractivity contribution in [1.29, 1.82) is 0 Å². The fraction of sp³-hybridized carbons (Fsp3) is 0.381. The molecule has 0 saturated carbocycles. The minimum atomic E-state index is -4.75. The van der Waals surface area contributed by atoms with Crippen LogP contribution in [0.15, 0.2) is 42.5 Å². The summed E-state index contributed by atoms with van der Waals surface area (Å²) in [7, 11) is 1.57. The second-order valence-electron chi connectivity index (χ2n) is 6.34. The Kier molecular flexibility index (Phi) is 8.35. The largest absolute Gasteiger partial charge is 0.573 e. The smallest absolute Gasteiger partial charge is 0.493 e. The quantitative estimate of drug-likeness (QED) is 0.608. The lowest BCUT2D eigenvalue weighted by atomic mass is 10.2. The van der Waals surface area contributed by atoms with Crippen molar-refractivity contribution in [3.8, 4) is 17.2 Å². The third kappa shape index (κ3) is 7.47. The van der Waals surface area contributed by atoms with E-state index in [4.69, 9.17) is 9.47 Å². The Morgan fingerprint density at radius 1 is 1.07 bits per heavy atom. The zero-order chi connectivity index (χ0) is 22.1. The first-order valence-electron chi connectivity index (χ1n) is 9.41.